The van der Waals surface area contributed by atoms with Crippen LogP contribution in [0.25, 0.3) is 0 Å². The van der Waals surface area contributed by atoms with Crippen molar-refractivity contribution in [3.8, 4) is 0 Å². The molecule has 0 N–H and O–H groups in total. The number of carbonyl (C=O) groups excluding carboxylic acids is 2. The Balaban J connectivity index is 2.25. The topological polar surface area (TPSA) is 40.6 Å². The molecule has 1 saturated carbocycles. The lowest BCUT2D eigenvalue weighted by Crippen LogP contribution is -2.76. The fourth-order valence-corrected chi connectivity index (χ4v) is 5.03. The van der Waals surface area contributed by atoms with E-state index in [0.717, 1.165) is 12.8 Å². The molecule has 0 aromatic heterocycles. The molecular formula is C24H30N2O2. The van der Waals surface area contributed by atoms with Gasteiger partial charge in [-0.3, -0.25) is 19.4 Å². The van der Waals surface area contributed by atoms with Gasteiger partial charge in [0.15, 0.2) is 11.6 Å². The average Bonchev–Trinajstić information content (AvgIpc) is 2.73. The third-order valence-corrected chi connectivity index (χ3v) is 6.36. The van der Waals surface area contributed by atoms with Crippen molar-refractivity contribution in [2.45, 2.75) is 36.8 Å². The molecule has 3 rings (SSSR count). The Hall–Kier alpha value is -2.30. The molecule has 1 fully saturated rings. The van der Waals surface area contributed by atoms with Crippen LogP contribution in [0.1, 0.15) is 46.4 Å². The van der Waals surface area contributed by atoms with Gasteiger partial charge in [-0.15, -0.1) is 0 Å². The van der Waals surface area contributed by atoms with Gasteiger partial charge in [-0.2, -0.15) is 0 Å². The molecule has 0 bridgehead atoms. The zero-order chi connectivity index (χ0) is 20.4. The van der Waals surface area contributed by atoms with E-state index in [4.69, 9.17) is 0 Å². The minimum absolute atomic E-state index is 0.0239. The minimum Gasteiger partial charge on any atom is -0.295 e. The van der Waals surface area contributed by atoms with Crippen molar-refractivity contribution < 1.29 is 9.59 Å². The zero-order valence-electron chi connectivity index (χ0n) is 17.3. The van der Waals surface area contributed by atoms with Gasteiger partial charge < -0.3 is 0 Å². The van der Waals surface area contributed by atoms with E-state index in [-0.39, 0.29) is 11.6 Å². The second-order valence-electron chi connectivity index (χ2n) is 8.11. The average molecular weight is 379 g/mol. The molecule has 4 nitrogen and oxygen atoms in total. The number of nitrogens with zero attached hydrogens (tertiary/aromatic N) is 2. The molecule has 4 heteroatoms. The molecule has 0 amide bonds. The van der Waals surface area contributed by atoms with Crippen molar-refractivity contribution in [3.05, 3.63) is 71.8 Å². The Morgan fingerprint density at radius 3 is 1.25 bits per heavy atom. The summed E-state index contributed by atoms with van der Waals surface area (Å²) in [6.07, 6.45) is 3.16. The van der Waals surface area contributed by atoms with E-state index in [0.29, 0.717) is 24.0 Å². The highest BCUT2D eigenvalue weighted by atomic mass is 16.1. The van der Waals surface area contributed by atoms with Crippen molar-refractivity contribution in [1.29, 1.82) is 0 Å². The molecule has 0 radical (unpaired) electrons. The molecule has 2 aromatic rings. The molecule has 2 unspecified atom stereocenters. The smallest absolute Gasteiger partial charge is 0.185 e. The van der Waals surface area contributed by atoms with Crippen molar-refractivity contribution in [2.75, 3.05) is 28.2 Å². The van der Waals surface area contributed by atoms with E-state index >= 15 is 0 Å². The fraction of sp³-hybridized carbons (Fsp3) is 0.417. The normalized spacial score (nSPS) is 25.1. The summed E-state index contributed by atoms with van der Waals surface area (Å²) in [5.74, 6) is 0.0477. The first-order chi connectivity index (χ1) is 13.4. The Kier molecular flexibility index (Phi) is 5.82. The summed E-state index contributed by atoms with van der Waals surface area (Å²) in [6.45, 7) is 0. The van der Waals surface area contributed by atoms with Crippen molar-refractivity contribution in [1.82, 2.24) is 9.80 Å². The lowest BCUT2D eigenvalue weighted by molar-refractivity contribution is -0.0309. The lowest BCUT2D eigenvalue weighted by atomic mass is 9.59. The minimum atomic E-state index is -0.928. The first-order valence-electron chi connectivity index (χ1n) is 9.92. The van der Waals surface area contributed by atoms with Gasteiger partial charge in [-0.05, 0) is 41.0 Å². The van der Waals surface area contributed by atoms with Crippen LogP contribution < -0.4 is 0 Å². The molecule has 2 atom stereocenters. The highest BCUT2D eigenvalue weighted by molar-refractivity contribution is 6.13. The Morgan fingerprint density at radius 1 is 0.643 bits per heavy atom. The number of carbonyl (C=O) groups is 2. The summed E-state index contributed by atoms with van der Waals surface area (Å²) in [4.78, 5) is 32.0. The third-order valence-electron chi connectivity index (χ3n) is 6.36. The number of ketones is 2. The van der Waals surface area contributed by atoms with Crippen LogP contribution in [0.5, 0.6) is 0 Å². The van der Waals surface area contributed by atoms with Gasteiger partial charge in [0.1, 0.15) is 11.1 Å². The molecule has 2 aromatic carbocycles. The van der Waals surface area contributed by atoms with E-state index in [1.54, 1.807) is 0 Å². The highest BCUT2D eigenvalue weighted by Crippen LogP contribution is 2.47. The number of likely N-dealkylation sites (N-methyl/N-ethyl adjacent to an activating group) is 2. The number of benzene rings is 2. The summed E-state index contributed by atoms with van der Waals surface area (Å²) < 4.78 is 0. The SMILES string of the molecule is CN(C)C1(C(=O)c2ccccc2)CCCCC1(C(=O)c1ccccc1)N(C)C. The van der Waals surface area contributed by atoms with Gasteiger partial charge in [0.25, 0.3) is 0 Å². The maximum atomic E-state index is 14.0. The van der Waals surface area contributed by atoms with Crippen molar-refractivity contribution >= 4 is 11.6 Å². The van der Waals surface area contributed by atoms with Gasteiger partial charge in [0, 0.05) is 11.1 Å². The predicted molar refractivity (Wildman–Crippen MR) is 113 cm³/mol. The summed E-state index contributed by atoms with van der Waals surface area (Å²) in [5.41, 5.74) is -0.540. The highest BCUT2D eigenvalue weighted by Gasteiger charge is 2.63. The van der Waals surface area contributed by atoms with E-state index < -0.39 is 11.1 Å². The largest absolute Gasteiger partial charge is 0.295 e. The maximum absolute atomic E-state index is 14.0. The van der Waals surface area contributed by atoms with Crippen LogP contribution >= 0.6 is 0 Å². The molecule has 0 aliphatic heterocycles. The maximum Gasteiger partial charge on any atom is 0.185 e. The molecule has 148 valence electrons. The standard InChI is InChI=1S/C24H30N2O2/c1-25(2)23(21(27)19-13-7-5-8-14-19)17-11-12-18-24(23,26(3)4)22(28)20-15-9-6-10-16-20/h5-10,13-16H,11-12,17-18H2,1-4H3. The molecule has 1 aliphatic carbocycles. The summed E-state index contributed by atoms with van der Waals surface area (Å²) >= 11 is 0. The quantitative estimate of drug-likeness (QED) is 0.714. The van der Waals surface area contributed by atoms with Gasteiger partial charge in [0.05, 0.1) is 0 Å². The van der Waals surface area contributed by atoms with Gasteiger partial charge in [0.2, 0.25) is 0 Å². The Bertz CT molecular complexity index is 761. The van der Waals surface area contributed by atoms with Crippen LogP contribution in [0.4, 0.5) is 0 Å². The van der Waals surface area contributed by atoms with Crippen molar-refractivity contribution in [3.63, 3.8) is 0 Å². The zero-order valence-corrected chi connectivity index (χ0v) is 17.3. The van der Waals surface area contributed by atoms with E-state index in [1.165, 1.54) is 0 Å². The summed E-state index contributed by atoms with van der Waals surface area (Å²) in [7, 11) is 7.73. The van der Waals surface area contributed by atoms with Crippen LogP contribution in [-0.4, -0.2) is 60.6 Å². The number of rotatable bonds is 6. The first kappa shape index (κ1) is 20.4. The second kappa shape index (κ2) is 7.98. The second-order valence-corrected chi connectivity index (χ2v) is 8.11. The monoisotopic (exact) mass is 378 g/mol. The number of hydrogen-bond donors (Lipinski definition) is 0. The molecule has 0 heterocycles. The molecule has 0 spiro atoms. The Morgan fingerprint density at radius 2 is 0.964 bits per heavy atom. The summed E-state index contributed by atoms with van der Waals surface area (Å²) in [6, 6.07) is 18.8. The molecule has 1 aliphatic rings. The van der Waals surface area contributed by atoms with Crippen LogP contribution in [0.15, 0.2) is 60.7 Å². The van der Waals surface area contributed by atoms with Gasteiger partial charge >= 0.3 is 0 Å². The van der Waals surface area contributed by atoms with Crippen LogP contribution in [0, 0.1) is 0 Å². The van der Waals surface area contributed by atoms with Crippen LogP contribution in [0.2, 0.25) is 0 Å². The van der Waals surface area contributed by atoms with E-state index in [2.05, 4.69) is 0 Å². The van der Waals surface area contributed by atoms with E-state index in [1.807, 2.05) is 98.7 Å². The molecule has 28 heavy (non-hydrogen) atoms. The number of hydrogen-bond acceptors (Lipinski definition) is 4. The molecule has 0 saturated heterocycles. The summed E-state index contributed by atoms with van der Waals surface area (Å²) in [5, 5.41) is 0. The van der Waals surface area contributed by atoms with Crippen LogP contribution in [0.3, 0.4) is 0 Å². The predicted octanol–water partition coefficient (Wildman–Crippen LogP) is 3.93. The Labute approximate surface area is 168 Å². The third kappa shape index (κ3) is 3.01. The number of Topliss-reactive ketones (excluding diaryl/α,β-unsaturated/α-hetero) is 2. The molecular weight excluding hydrogens is 348 g/mol. The van der Waals surface area contributed by atoms with Crippen molar-refractivity contribution in [2.24, 2.45) is 0 Å². The van der Waals surface area contributed by atoms with Crippen LogP contribution in [-0.2, 0) is 0 Å². The lowest BCUT2D eigenvalue weighted by Gasteiger charge is -2.57. The fourth-order valence-electron chi connectivity index (χ4n) is 5.03. The van der Waals surface area contributed by atoms with Gasteiger partial charge in [-0.25, -0.2) is 0 Å². The van der Waals surface area contributed by atoms with E-state index in [9.17, 15) is 9.59 Å². The first-order valence-corrected chi connectivity index (χ1v) is 9.92. The van der Waals surface area contributed by atoms with Gasteiger partial charge in [-0.1, -0.05) is 73.5 Å².